The number of ether oxygens (including phenoxy) is 1. The molecule has 3 rings (SSSR count). The third-order valence-electron chi connectivity index (χ3n) is 5.80. The van der Waals surface area contributed by atoms with Gasteiger partial charge in [-0.2, -0.15) is 0 Å². The van der Waals surface area contributed by atoms with Gasteiger partial charge in [0.15, 0.2) is 5.60 Å². The summed E-state index contributed by atoms with van der Waals surface area (Å²) in [6.45, 7) is 1.42. The van der Waals surface area contributed by atoms with Crippen LogP contribution >= 0.6 is 12.4 Å². The van der Waals surface area contributed by atoms with Crippen LogP contribution in [0, 0.1) is 5.92 Å². The van der Waals surface area contributed by atoms with Crippen LogP contribution in [0.5, 0.6) is 0 Å². The highest BCUT2D eigenvalue weighted by atomic mass is 35.5. The summed E-state index contributed by atoms with van der Waals surface area (Å²) in [7, 11) is 2.08. The smallest absolute Gasteiger partial charge is 0.343 e. The number of nitrogens with zero attached hydrogens (tertiary/aromatic N) is 1. The van der Waals surface area contributed by atoms with E-state index in [0.717, 1.165) is 38.6 Å². The number of aliphatic hydroxyl groups is 1. The Morgan fingerprint density at radius 3 is 2.44 bits per heavy atom. The average Bonchev–Trinajstić information content (AvgIpc) is 3.16. The summed E-state index contributed by atoms with van der Waals surface area (Å²) in [4.78, 5) is 15.2. The van der Waals surface area contributed by atoms with Gasteiger partial charge in [0, 0.05) is 12.0 Å². The summed E-state index contributed by atoms with van der Waals surface area (Å²) >= 11 is 0. The maximum atomic E-state index is 12.9. The van der Waals surface area contributed by atoms with Gasteiger partial charge in [0.1, 0.15) is 6.61 Å². The first-order chi connectivity index (χ1) is 11.6. The highest BCUT2D eigenvalue weighted by Gasteiger charge is 2.48. The maximum Gasteiger partial charge on any atom is 0.343 e. The molecule has 0 amide bonds. The van der Waals surface area contributed by atoms with Crippen LogP contribution in [0.25, 0.3) is 0 Å². The molecule has 1 aromatic rings. The molecule has 0 radical (unpaired) electrons. The first kappa shape index (κ1) is 20.2. The van der Waals surface area contributed by atoms with Gasteiger partial charge >= 0.3 is 5.97 Å². The molecular formula is C20H30ClNO3. The summed E-state index contributed by atoms with van der Waals surface area (Å²) < 4.78 is 5.65. The van der Waals surface area contributed by atoms with Gasteiger partial charge in [0.25, 0.3) is 0 Å². The van der Waals surface area contributed by atoms with Crippen molar-refractivity contribution in [3.63, 3.8) is 0 Å². The van der Waals surface area contributed by atoms with E-state index in [0.29, 0.717) is 12.2 Å². The highest BCUT2D eigenvalue weighted by Crippen LogP contribution is 2.41. The van der Waals surface area contributed by atoms with Gasteiger partial charge in [-0.15, -0.1) is 12.4 Å². The summed E-state index contributed by atoms with van der Waals surface area (Å²) in [6.07, 6.45) is 7.33. The fraction of sp³-hybridized carbons (Fsp3) is 0.650. The lowest BCUT2D eigenvalue weighted by Crippen LogP contribution is -2.46. The van der Waals surface area contributed by atoms with E-state index in [9.17, 15) is 9.90 Å². The maximum absolute atomic E-state index is 12.9. The number of carbonyl (C=O) groups is 1. The number of likely N-dealkylation sites (N-methyl/N-ethyl adjacent to an activating group) is 1. The summed E-state index contributed by atoms with van der Waals surface area (Å²) in [5, 5.41) is 11.4. The van der Waals surface area contributed by atoms with E-state index in [4.69, 9.17) is 4.74 Å². The Hall–Kier alpha value is -1.10. The van der Waals surface area contributed by atoms with Crippen molar-refractivity contribution in [2.45, 2.75) is 56.6 Å². The lowest BCUT2D eigenvalue weighted by atomic mass is 9.80. The highest BCUT2D eigenvalue weighted by molar-refractivity contribution is 5.85. The molecule has 0 spiro atoms. The molecule has 2 atom stereocenters. The van der Waals surface area contributed by atoms with Crippen LogP contribution in [-0.4, -0.2) is 42.2 Å². The van der Waals surface area contributed by atoms with Gasteiger partial charge in [0.05, 0.1) is 0 Å². The number of carbonyl (C=O) groups excluding carboxylic acids is 1. The molecule has 2 aliphatic rings. The topological polar surface area (TPSA) is 49.8 Å². The van der Waals surface area contributed by atoms with Crippen molar-refractivity contribution < 1.29 is 14.6 Å². The second-order valence-electron chi connectivity index (χ2n) is 7.34. The monoisotopic (exact) mass is 367 g/mol. The molecule has 1 aliphatic heterocycles. The zero-order valence-electron chi connectivity index (χ0n) is 15.0. The second-order valence-corrected chi connectivity index (χ2v) is 7.34. The SMILES string of the molecule is CN1CCCCC1COC(=O)C(O)(c1ccccc1)C1CCCC1.Cl. The predicted octanol–water partition coefficient (Wildman–Crippen LogP) is 3.51. The quantitative estimate of drug-likeness (QED) is 0.809. The Morgan fingerprint density at radius 2 is 1.80 bits per heavy atom. The van der Waals surface area contributed by atoms with Crippen LogP contribution in [0.15, 0.2) is 30.3 Å². The van der Waals surface area contributed by atoms with Crippen LogP contribution in [0.4, 0.5) is 0 Å². The second kappa shape index (κ2) is 9.02. The zero-order valence-corrected chi connectivity index (χ0v) is 15.8. The average molecular weight is 368 g/mol. The normalized spacial score (nSPS) is 24.3. The molecule has 4 nitrogen and oxygen atoms in total. The van der Waals surface area contributed by atoms with Crippen molar-refractivity contribution in [1.29, 1.82) is 0 Å². The van der Waals surface area contributed by atoms with Crippen molar-refractivity contribution in [2.75, 3.05) is 20.2 Å². The third-order valence-corrected chi connectivity index (χ3v) is 5.80. The number of piperidine rings is 1. The minimum Gasteiger partial charge on any atom is -0.462 e. The van der Waals surface area contributed by atoms with Crippen LogP contribution < -0.4 is 0 Å². The summed E-state index contributed by atoms with van der Waals surface area (Å²) in [5.74, 6) is -0.518. The zero-order chi connectivity index (χ0) is 17.0. The molecule has 0 aromatic heterocycles. The minimum atomic E-state index is -1.51. The molecule has 2 unspecified atom stereocenters. The van der Waals surface area contributed by atoms with E-state index in [-0.39, 0.29) is 24.4 Å². The van der Waals surface area contributed by atoms with Crippen molar-refractivity contribution in [3.8, 4) is 0 Å². The molecule has 1 heterocycles. The van der Waals surface area contributed by atoms with Crippen molar-refractivity contribution in [3.05, 3.63) is 35.9 Å². The van der Waals surface area contributed by atoms with E-state index in [2.05, 4.69) is 11.9 Å². The van der Waals surface area contributed by atoms with Crippen LogP contribution in [0.3, 0.4) is 0 Å². The molecule has 5 heteroatoms. The van der Waals surface area contributed by atoms with Crippen LogP contribution in [0.1, 0.15) is 50.5 Å². The van der Waals surface area contributed by atoms with Gasteiger partial charge in [-0.05, 0) is 44.8 Å². The predicted molar refractivity (Wildman–Crippen MR) is 101 cm³/mol. The van der Waals surface area contributed by atoms with Gasteiger partial charge in [-0.3, -0.25) is 0 Å². The number of esters is 1. The summed E-state index contributed by atoms with van der Waals surface area (Å²) in [5.41, 5.74) is -0.843. The Bertz CT molecular complexity index is 547. The Kier molecular flexibility index (Phi) is 7.29. The molecule has 2 fully saturated rings. The van der Waals surface area contributed by atoms with Crippen molar-refractivity contribution >= 4 is 18.4 Å². The van der Waals surface area contributed by atoms with Gasteiger partial charge in [0.2, 0.25) is 0 Å². The van der Waals surface area contributed by atoms with Gasteiger partial charge < -0.3 is 14.7 Å². The number of benzene rings is 1. The van der Waals surface area contributed by atoms with Gasteiger partial charge in [-0.1, -0.05) is 49.6 Å². The standard InChI is InChI=1S/C20H29NO3.ClH/c1-21-14-8-7-13-18(21)15-24-19(22)20(23,17-11-5-6-12-17)16-9-3-2-4-10-16;/h2-4,9-10,17-18,23H,5-8,11-15H2,1H3;1H. The van der Waals surface area contributed by atoms with Crippen LogP contribution in [0.2, 0.25) is 0 Å². The van der Waals surface area contributed by atoms with E-state index >= 15 is 0 Å². The fourth-order valence-corrected chi connectivity index (χ4v) is 4.19. The summed E-state index contributed by atoms with van der Waals surface area (Å²) in [6, 6.07) is 9.60. The molecule has 1 N–H and O–H groups in total. The lowest BCUT2D eigenvalue weighted by molar-refractivity contribution is -0.175. The third kappa shape index (κ3) is 4.36. The van der Waals surface area contributed by atoms with E-state index < -0.39 is 11.6 Å². The van der Waals surface area contributed by atoms with Crippen LogP contribution in [-0.2, 0) is 15.1 Å². The molecule has 25 heavy (non-hydrogen) atoms. The number of rotatable bonds is 5. The molecule has 1 aromatic carbocycles. The molecule has 1 saturated carbocycles. The first-order valence-electron chi connectivity index (χ1n) is 9.27. The molecule has 0 bridgehead atoms. The largest absolute Gasteiger partial charge is 0.462 e. The molecule has 140 valence electrons. The lowest BCUT2D eigenvalue weighted by Gasteiger charge is -2.35. The number of hydrogen-bond acceptors (Lipinski definition) is 4. The molecule has 1 saturated heterocycles. The Morgan fingerprint density at radius 1 is 1.16 bits per heavy atom. The number of likely N-dealkylation sites (tertiary alicyclic amines) is 1. The van der Waals surface area contributed by atoms with E-state index in [1.54, 1.807) is 0 Å². The Balaban J connectivity index is 0.00000225. The number of hydrogen-bond donors (Lipinski definition) is 1. The molecule has 1 aliphatic carbocycles. The number of halogens is 1. The van der Waals surface area contributed by atoms with E-state index in [1.807, 2.05) is 30.3 Å². The first-order valence-corrected chi connectivity index (χ1v) is 9.27. The fourth-order valence-electron chi connectivity index (χ4n) is 4.19. The minimum absolute atomic E-state index is 0. The van der Waals surface area contributed by atoms with Gasteiger partial charge in [-0.25, -0.2) is 4.79 Å². The molecular weight excluding hydrogens is 338 g/mol. The van der Waals surface area contributed by atoms with E-state index in [1.165, 1.54) is 12.8 Å². The van der Waals surface area contributed by atoms with Crippen molar-refractivity contribution in [1.82, 2.24) is 4.90 Å². The van der Waals surface area contributed by atoms with Crippen molar-refractivity contribution in [2.24, 2.45) is 5.92 Å². The Labute approximate surface area is 157 Å².